The van der Waals surface area contributed by atoms with Crippen LogP contribution in [0, 0.1) is 0 Å². The number of anilines is 1. The monoisotopic (exact) mass is 628 g/mol. The summed E-state index contributed by atoms with van der Waals surface area (Å²) in [6.07, 6.45) is -5.91. The summed E-state index contributed by atoms with van der Waals surface area (Å²) in [5.41, 5.74) is 2.59. The molecule has 11 nitrogen and oxygen atoms in total. The second-order valence-electron chi connectivity index (χ2n) is 9.56. The molecule has 3 rings (SSSR count). The molecule has 45 heavy (non-hydrogen) atoms. The molecule has 14 heteroatoms. The molecule has 0 aromatic heterocycles. The van der Waals surface area contributed by atoms with Crippen molar-refractivity contribution in [3.8, 4) is 16.9 Å². The SMILES string of the molecule is COc1ccc(NC(=O)NCCCC(=O)NCC(=O)NC(CC(=O)OC(=O)C(F)(F)F)c2ccc(-c3ccccc3)cc2)cc1. The zero-order chi connectivity index (χ0) is 32.8. The molecule has 1 unspecified atom stereocenters. The molecule has 0 heterocycles. The van der Waals surface area contributed by atoms with Crippen molar-refractivity contribution in [2.75, 3.05) is 25.5 Å². The first-order valence-corrected chi connectivity index (χ1v) is 13.7. The van der Waals surface area contributed by atoms with Gasteiger partial charge in [0.05, 0.1) is 26.1 Å². The summed E-state index contributed by atoms with van der Waals surface area (Å²) in [5, 5.41) is 10.1. The van der Waals surface area contributed by atoms with E-state index in [9.17, 15) is 37.1 Å². The number of methoxy groups -OCH3 is 1. The van der Waals surface area contributed by atoms with Crippen molar-refractivity contribution in [3.05, 3.63) is 84.4 Å². The van der Waals surface area contributed by atoms with E-state index in [1.54, 1.807) is 48.5 Å². The van der Waals surface area contributed by atoms with E-state index >= 15 is 0 Å². The van der Waals surface area contributed by atoms with Gasteiger partial charge in [-0.3, -0.25) is 14.4 Å². The molecular formula is C31H31F3N4O7. The Hall–Kier alpha value is -5.40. The predicted octanol–water partition coefficient (Wildman–Crippen LogP) is 4.26. The molecule has 0 fully saturated rings. The molecule has 4 amide bonds. The van der Waals surface area contributed by atoms with E-state index < -0.39 is 55.0 Å². The van der Waals surface area contributed by atoms with Gasteiger partial charge in [0.2, 0.25) is 11.8 Å². The first kappa shape index (κ1) is 34.1. The van der Waals surface area contributed by atoms with Gasteiger partial charge in [-0.25, -0.2) is 9.59 Å². The summed E-state index contributed by atoms with van der Waals surface area (Å²) in [4.78, 5) is 60.1. The number of rotatable bonds is 13. The highest BCUT2D eigenvalue weighted by Gasteiger charge is 2.42. The Morgan fingerprint density at radius 3 is 2.07 bits per heavy atom. The first-order valence-electron chi connectivity index (χ1n) is 13.7. The van der Waals surface area contributed by atoms with Crippen molar-refractivity contribution in [1.29, 1.82) is 0 Å². The number of nitrogens with one attached hydrogen (secondary N) is 4. The minimum atomic E-state index is -5.37. The number of benzene rings is 3. The lowest BCUT2D eigenvalue weighted by Gasteiger charge is -2.19. The summed E-state index contributed by atoms with van der Waals surface area (Å²) in [6.45, 7) is -0.333. The third-order valence-corrected chi connectivity index (χ3v) is 6.22. The van der Waals surface area contributed by atoms with Crippen LogP contribution >= 0.6 is 0 Å². The quantitative estimate of drug-likeness (QED) is 0.125. The van der Waals surface area contributed by atoms with Crippen LogP contribution < -0.4 is 26.0 Å². The lowest BCUT2D eigenvalue weighted by Crippen LogP contribution is -2.40. The van der Waals surface area contributed by atoms with E-state index in [4.69, 9.17) is 4.74 Å². The average molecular weight is 629 g/mol. The number of urea groups is 1. The van der Waals surface area contributed by atoms with Crippen LogP contribution in [0.4, 0.5) is 23.7 Å². The zero-order valence-electron chi connectivity index (χ0n) is 24.1. The van der Waals surface area contributed by atoms with E-state index in [-0.39, 0.29) is 19.4 Å². The van der Waals surface area contributed by atoms with Gasteiger partial charge in [0, 0.05) is 18.7 Å². The number of halogens is 3. The second kappa shape index (κ2) is 16.4. The largest absolute Gasteiger partial charge is 0.497 e. The van der Waals surface area contributed by atoms with Gasteiger partial charge in [0.25, 0.3) is 0 Å². The third-order valence-electron chi connectivity index (χ3n) is 6.22. The molecule has 0 saturated carbocycles. The van der Waals surface area contributed by atoms with Crippen molar-refractivity contribution in [1.82, 2.24) is 16.0 Å². The van der Waals surface area contributed by atoms with Gasteiger partial charge in [0.15, 0.2) is 0 Å². The molecule has 1 atom stereocenters. The van der Waals surface area contributed by atoms with Gasteiger partial charge in [-0.15, -0.1) is 0 Å². The molecule has 0 aliphatic carbocycles. The van der Waals surface area contributed by atoms with E-state index in [2.05, 4.69) is 26.0 Å². The maximum Gasteiger partial charge on any atom is 0.491 e. The van der Waals surface area contributed by atoms with Crippen molar-refractivity contribution in [2.45, 2.75) is 31.5 Å². The number of esters is 2. The van der Waals surface area contributed by atoms with Gasteiger partial charge < -0.3 is 30.7 Å². The van der Waals surface area contributed by atoms with Gasteiger partial charge >= 0.3 is 24.1 Å². The number of hydrogen-bond donors (Lipinski definition) is 4. The molecule has 0 aliphatic heterocycles. The Labute approximate surface area is 256 Å². The average Bonchev–Trinajstić information content (AvgIpc) is 3.02. The molecular weight excluding hydrogens is 597 g/mol. The predicted molar refractivity (Wildman–Crippen MR) is 157 cm³/mol. The van der Waals surface area contributed by atoms with Gasteiger partial charge in [-0.1, -0.05) is 54.6 Å². The second-order valence-corrected chi connectivity index (χ2v) is 9.56. The van der Waals surface area contributed by atoms with Gasteiger partial charge in [-0.05, 0) is 47.4 Å². The molecule has 3 aromatic rings. The van der Waals surface area contributed by atoms with Crippen molar-refractivity contribution in [2.24, 2.45) is 0 Å². The Morgan fingerprint density at radius 1 is 0.800 bits per heavy atom. The summed E-state index contributed by atoms with van der Waals surface area (Å²) in [5.74, 6) is -4.78. The smallest absolute Gasteiger partial charge is 0.491 e. The lowest BCUT2D eigenvalue weighted by molar-refractivity contribution is -0.202. The Bertz CT molecular complexity index is 1470. The molecule has 3 aromatic carbocycles. The maximum absolute atomic E-state index is 12.6. The molecule has 0 radical (unpaired) electrons. The number of hydrogen-bond acceptors (Lipinski definition) is 7. The highest BCUT2D eigenvalue weighted by molar-refractivity contribution is 5.90. The number of alkyl halides is 3. The standard InChI is InChI=1S/C31H31F3N4O7/c1-44-24-15-13-23(14-16-24)37-30(43)35-17-5-8-26(39)36-19-27(40)38-25(18-28(41)45-29(42)31(32,33)34)22-11-9-21(10-12-22)20-6-3-2-4-7-20/h2-4,6-7,9-16,25H,5,8,17-19H2,1H3,(H,36,39)(H,38,40)(H2,35,37,43). The van der Waals surface area contributed by atoms with Crippen molar-refractivity contribution in [3.63, 3.8) is 0 Å². The Morgan fingerprint density at radius 2 is 1.44 bits per heavy atom. The third kappa shape index (κ3) is 11.7. The summed E-state index contributed by atoms with van der Waals surface area (Å²) >= 11 is 0. The van der Waals surface area contributed by atoms with E-state index in [0.717, 1.165) is 11.1 Å². The van der Waals surface area contributed by atoms with E-state index in [0.29, 0.717) is 17.0 Å². The number of carbonyl (C=O) groups excluding carboxylic acids is 5. The molecule has 238 valence electrons. The minimum absolute atomic E-state index is 0.0215. The highest BCUT2D eigenvalue weighted by atomic mass is 19.4. The Balaban J connectivity index is 1.49. The van der Waals surface area contributed by atoms with Gasteiger partial charge in [0.1, 0.15) is 5.75 Å². The van der Waals surface area contributed by atoms with Crippen LogP contribution in [0.2, 0.25) is 0 Å². The highest BCUT2D eigenvalue weighted by Crippen LogP contribution is 2.25. The Kier molecular flexibility index (Phi) is 12.5. The van der Waals surface area contributed by atoms with Crippen LogP contribution in [0.25, 0.3) is 11.1 Å². The van der Waals surface area contributed by atoms with Crippen molar-refractivity contribution >= 4 is 35.5 Å². The maximum atomic E-state index is 12.6. The molecule has 0 saturated heterocycles. The summed E-state index contributed by atoms with van der Waals surface area (Å²) < 4.78 is 46.6. The van der Waals surface area contributed by atoms with Crippen molar-refractivity contribution < 1.29 is 46.6 Å². The van der Waals surface area contributed by atoms with Crippen LogP contribution in [0.3, 0.4) is 0 Å². The van der Waals surface area contributed by atoms with Gasteiger partial charge in [-0.2, -0.15) is 13.2 Å². The van der Waals surface area contributed by atoms with Crippen LogP contribution in [0.1, 0.15) is 30.9 Å². The van der Waals surface area contributed by atoms with Crippen LogP contribution in [0.15, 0.2) is 78.9 Å². The minimum Gasteiger partial charge on any atom is -0.497 e. The van der Waals surface area contributed by atoms with Crippen LogP contribution in [-0.2, 0) is 23.9 Å². The summed E-state index contributed by atoms with van der Waals surface area (Å²) in [6, 6.07) is 20.8. The topological polar surface area (TPSA) is 152 Å². The molecule has 0 bridgehead atoms. The molecule has 0 spiro atoms. The normalized spacial score (nSPS) is 11.5. The fraction of sp³-hybridized carbons (Fsp3) is 0.258. The fourth-order valence-electron chi connectivity index (χ4n) is 3.97. The molecule has 4 N–H and O–H groups in total. The van der Waals surface area contributed by atoms with Crippen LogP contribution in [-0.4, -0.2) is 56.2 Å². The fourth-order valence-corrected chi connectivity index (χ4v) is 3.97. The number of ether oxygens (including phenoxy) is 2. The van der Waals surface area contributed by atoms with E-state index in [1.165, 1.54) is 7.11 Å². The molecule has 0 aliphatic rings. The number of amides is 4. The zero-order valence-corrected chi connectivity index (χ0v) is 24.1. The number of carbonyl (C=O) groups is 5. The van der Waals surface area contributed by atoms with E-state index in [1.807, 2.05) is 30.3 Å². The first-order chi connectivity index (χ1) is 21.4. The summed E-state index contributed by atoms with van der Waals surface area (Å²) in [7, 11) is 1.52. The lowest BCUT2D eigenvalue weighted by atomic mass is 9.99. The van der Waals surface area contributed by atoms with Crippen LogP contribution in [0.5, 0.6) is 5.75 Å².